The Morgan fingerprint density at radius 1 is 1.21 bits per heavy atom. The lowest BCUT2D eigenvalue weighted by molar-refractivity contribution is -0.136. The van der Waals surface area contributed by atoms with Crippen molar-refractivity contribution >= 4 is 29.2 Å². The first kappa shape index (κ1) is 13.6. The van der Waals surface area contributed by atoms with Crippen LogP contribution >= 0.6 is 23.2 Å². The number of pyridine rings is 1. The number of hydrogen-bond donors (Lipinski definition) is 2. The molecule has 1 aromatic carbocycles. The van der Waals surface area contributed by atoms with E-state index in [2.05, 4.69) is 4.98 Å². The van der Waals surface area contributed by atoms with Crippen LogP contribution in [-0.4, -0.2) is 16.1 Å². The van der Waals surface area contributed by atoms with Crippen LogP contribution < -0.4 is 5.56 Å². The number of nitrogens with one attached hydrogen (secondary N) is 1. The molecule has 0 spiro atoms. The van der Waals surface area contributed by atoms with Gasteiger partial charge >= 0.3 is 5.97 Å². The molecule has 98 valence electrons. The summed E-state index contributed by atoms with van der Waals surface area (Å²) < 4.78 is 0. The number of hydrogen-bond acceptors (Lipinski definition) is 2. The van der Waals surface area contributed by atoms with Gasteiger partial charge in [-0.05, 0) is 23.3 Å². The minimum absolute atomic E-state index is 0.237. The standard InChI is InChI=1S/C13H9Cl2NO3/c14-10-2-1-7(3-11(10)15)9-6-16-12(17)4-8(9)5-13(18)19/h1-4,6H,5H2,(H,16,17)(H,18,19). The van der Waals surface area contributed by atoms with Crippen molar-refractivity contribution in [2.75, 3.05) is 0 Å². The van der Waals surface area contributed by atoms with Gasteiger partial charge in [0.25, 0.3) is 0 Å². The molecule has 0 aliphatic rings. The van der Waals surface area contributed by atoms with Crippen LogP contribution in [0.3, 0.4) is 0 Å². The summed E-state index contributed by atoms with van der Waals surface area (Å²) in [5, 5.41) is 9.65. The zero-order valence-electron chi connectivity index (χ0n) is 9.61. The first-order valence-electron chi connectivity index (χ1n) is 5.36. The molecule has 19 heavy (non-hydrogen) atoms. The molecule has 0 bridgehead atoms. The molecule has 6 heteroatoms. The maximum Gasteiger partial charge on any atom is 0.307 e. The van der Waals surface area contributed by atoms with E-state index in [0.717, 1.165) is 0 Å². The monoisotopic (exact) mass is 297 g/mol. The van der Waals surface area contributed by atoms with Gasteiger partial charge in [0.2, 0.25) is 5.56 Å². The SMILES string of the molecule is O=C(O)Cc1cc(=O)[nH]cc1-c1ccc(Cl)c(Cl)c1. The molecule has 2 rings (SSSR count). The molecular weight excluding hydrogens is 289 g/mol. The number of carboxylic acid groups (broad SMARTS) is 1. The minimum atomic E-state index is -1.01. The second-order valence-electron chi connectivity index (χ2n) is 3.94. The molecule has 0 saturated carbocycles. The van der Waals surface area contributed by atoms with Gasteiger partial charge < -0.3 is 10.1 Å². The Morgan fingerprint density at radius 2 is 1.95 bits per heavy atom. The molecule has 0 aliphatic heterocycles. The van der Waals surface area contributed by atoms with Crippen molar-refractivity contribution in [1.29, 1.82) is 0 Å². The summed E-state index contributed by atoms with van der Waals surface area (Å²) in [5.41, 5.74) is 1.39. The van der Waals surface area contributed by atoms with Crippen LogP contribution in [0.5, 0.6) is 0 Å². The van der Waals surface area contributed by atoms with Crippen molar-refractivity contribution in [3.8, 4) is 11.1 Å². The smallest absolute Gasteiger partial charge is 0.307 e. The lowest BCUT2D eigenvalue weighted by Gasteiger charge is -2.08. The number of aliphatic carboxylic acids is 1. The van der Waals surface area contributed by atoms with Crippen LogP contribution in [-0.2, 0) is 11.2 Å². The molecule has 2 aromatic rings. The van der Waals surface area contributed by atoms with Crippen molar-refractivity contribution in [1.82, 2.24) is 4.98 Å². The number of rotatable bonds is 3. The number of carboxylic acids is 1. The molecule has 0 amide bonds. The van der Waals surface area contributed by atoms with E-state index >= 15 is 0 Å². The number of halogens is 2. The van der Waals surface area contributed by atoms with Gasteiger partial charge in [0.1, 0.15) is 0 Å². The Labute approximate surface area is 118 Å². The predicted octanol–water partition coefficient (Wildman–Crippen LogP) is 2.98. The first-order chi connectivity index (χ1) is 8.97. The molecule has 2 N–H and O–H groups in total. The molecule has 0 radical (unpaired) electrons. The van der Waals surface area contributed by atoms with Gasteiger partial charge in [-0.2, -0.15) is 0 Å². The largest absolute Gasteiger partial charge is 0.481 e. The molecular formula is C13H9Cl2NO3. The van der Waals surface area contributed by atoms with E-state index in [1.165, 1.54) is 12.3 Å². The molecule has 0 unspecified atom stereocenters. The molecule has 1 aromatic heterocycles. The molecule has 0 aliphatic carbocycles. The van der Waals surface area contributed by atoms with E-state index in [0.29, 0.717) is 26.7 Å². The van der Waals surface area contributed by atoms with Crippen molar-refractivity contribution < 1.29 is 9.90 Å². The molecule has 4 nitrogen and oxygen atoms in total. The third-order valence-electron chi connectivity index (χ3n) is 2.58. The van der Waals surface area contributed by atoms with Crippen LogP contribution in [0, 0.1) is 0 Å². The van der Waals surface area contributed by atoms with Gasteiger partial charge in [-0.25, -0.2) is 0 Å². The van der Waals surface area contributed by atoms with Crippen LogP contribution in [0.2, 0.25) is 10.0 Å². The van der Waals surface area contributed by atoms with Crippen molar-refractivity contribution in [3.05, 3.63) is 56.4 Å². The zero-order chi connectivity index (χ0) is 14.0. The molecule has 0 saturated heterocycles. The highest BCUT2D eigenvalue weighted by Gasteiger charge is 2.11. The Hall–Kier alpha value is -1.78. The second kappa shape index (κ2) is 5.47. The van der Waals surface area contributed by atoms with Crippen molar-refractivity contribution in [3.63, 3.8) is 0 Å². The molecule has 0 atom stereocenters. The van der Waals surface area contributed by atoms with Crippen LogP contribution in [0.25, 0.3) is 11.1 Å². The van der Waals surface area contributed by atoms with E-state index in [1.54, 1.807) is 18.2 Å². The normalized spacial score (nSPS) is 10.4. The van der Waals surface area contributed by atoms with Gasteiger partial charge in [-0.3, -0.25) is 9.59 Å². The van der Waals surface area contributed by atoms with Crippen molar-refractivity contribution in [2.24, 2.45) is 0 Å². The number of benzene rings is 1. The summed E-state index contributed by atoms with van der Waals surface area (Å²) in [4.78, 5) is 24.6. The highest BCUT2D eigenvalue weighted by atomic mass is 35.5. The second-order valence-corrected chi connectivity index (χ2v) is 4.75. The van der Waals surface area contributed by atoms with Gasteiger partial charge in [-0.1, -0.05) is 29.3 Å². The average molecular weight is 298 g/mol. The summed E-state index contributed by atoms with van der Waals surface area (Å²) in [5.74, 6) is -1.01. The highest BCUT2D eigenvalue weighted by molar-refractivity contribution is 6.42. The number of aromatic amines is 1. The van der Waals surface area contributed by atoms with E-state index < -0.39 is 5.97 Å². The number of H-pyrrole nitrogens is 1. The fraction of sp³-hybridized carbons (Fsp3) is 0.0769. The van der Waals surface area contributed by atoms with Crippen LogP contribution in [0.1, 0.15) is 5.56 Å². The lowest BCUT2D eigenvalue weighted by atomic mass is 10.00. The summed E-state index contributed by atoms with van der Waals surface area (Å²) in [6.07, 6.45) is 1.24. The Balaban J connectivity index is 2.57. The maximum atomic E-state index is 11.3. The Morgan fingerprint density at radius 3 is 2.58 bits per heavy atom. The summed E-state index contributed by atoms with van der Waals surface area (Å²) in [7, 11) is 0. The van der Waals surface area contributed by atoms with E-state index in [-0.39, 0.29) is 12.0 Å². The minimum Gasteiger partial charge on any atom is -0.481 e. The van der Waals surface area contributed by atoms with Crippen LogP contribution in [0.4, 0.5) is 0 Å². The lowest BCUT2D eigenvalue weighted by Crippen LogP contribution is -2.10. The average Bonchev–Trinajstić information content (AvgIpc) is 2.32. The topological polar surface area (TPSA) is 70.2 Å². The van der Waals surface area contributed by atoms with Gasteiger partial charge in [-0.15, -0.1) is 0 Å². The van der Waals surface area contributed by atoms with Crippen molar-refractivity contribution in [2.45, 2.75) is 6.42 Å². The molecule has 0 fully saturated rings. The summed E-state index contributed by atoms with van der Waals surface area (Å²) in [6.45, 7) is 0. The summed E-state index contributed by atoms with van der Waals surface area (Å²) >= 11 is 11.8. The van der Waals surface area contributed by atoms with Gasteiger partial charge in [0, 0.05) is 17.8 Å². The zero-order valence-corrected chi connectivity index (χ0v) is 11.1. The first-order valence-corrected chi connectivity index (χ1v) is 6.12. The quantitative estimate of drug-likeness (QED) is 0.915. The van der Waals surface area contributed by atoms with Gasteiger partial charge in [0.05, 0.1) is 16.5 Å². The van der Waals surface area contributed by atoms with E-state index in [9.17, 15) is 9.59 Å². The predicted molar refractivity (Wildman–Crippen MR) is 73.9 cm³/mol. The fourth-order valence-electron chi connectivity index (χ4n) is 1.76. The Bertz CT molecular complexity index is 695. The van der Waals surface area contributed by atoms with E-state index in [1.807, 2.05) is 0 Å². The van der Waals surface area contributed by atoms with E-state index in [4.69, 9.17) is 28.3 Å². The van der Waals surface area contributed by atoms with Crippen LogP contribution in [0.15, 0.2) is 35.3 Å². The maximum absolute atomic E-state index is 11.3. The fourth-order valence-corrected chi connectivity index (χ4v) is 2.05. The number of carbonyl (C=O) groups is 1. The number of aromatic nitrogens is 1. The summed E-state index contributed by atoms with van der Waals surface area (Å²) in [6, 6.07) is 6.23. The van der Waals surface area contributed by atoms with Gasteiger partial charge in [0.15, 0.2) is 0 Å². The third-order valence-corrected chi connectivity index (χ3v) is 3.32. The molecule has 1 heterocycles. The highest BCUT2D eigenvalue weighted by Crippen LogP contribution is 2.29. The third kappa shape index (κ3) is 3.16. The Kier molecular flexibility index (Phi) is 3.93.